The molecule has 0 saturated carbocycles. The first-order valence-corrected chi connectivity index (χ1v) is 6.30. The molecule has 0 amide bonds. The van der Waals surface area contributed by atoms with Crippen molar-refractivity contribution in [1.82, 2.24) is 5.32 Å². The van der Waals surface area contributed by atoms with Gasteiger partial charge in [0.15, 0.2) is 0 Å². The van der Waals surface area contributed by atoms with Crippen molar-refractivity contribution in [2.24, 2.45) is 0 Å². The molecule has 18 heavy (non-hydrogen) atoms. The molecule has 0 aromatic heterocycles. The second kappa shape index (κ2) is 6.47. The Bertz CT molecular complexity index is 403. The van der Waals surface area contributed by atoms with Gasteiger partial charge >= 0.3 is 0 Å². The van der Waals surface area contributed by atoms with Gasteiger partial charge in [0.05, 0.1) is 18.1 Å². The molecule has 1 heterocycles. The Morgan fingerprint density at radius 1 is 1.44 bits per heavy atom. The third-order valence-electron chi connectivity index (χ3n) is 3.12. The molecular weight excluding hydrogens is 232 g/mol. The number of ether oxygens (including phenoxy) is 1. The molecule has 1 fully saturated rings. The third-order valence-corrected chi connectivity index (χ3v) is 3.12. The van der Waals surface area contributed by atoms with Gasteiger partial charge in [0, 0.05) is 18.2 Å². The number of rotatable bonds is 5. The lowest BCUT2D eigenvalue weighted by Gasteiger charge is -2.23. The molecule has 0 bridgehead atoms. The second-order valence-corrected chi connectivity index (χ2v) is 4.59. The predicted molar refractivity (Wildman–Crippen MR) is 68.4 cm³/mol. The molecule has 98 valence electrons. The van der Waals surface area contributed by atoms with E-state index in [1.54, 1.807) is 12.1 Å². The number of non-ortho nitro benzene ring substituents is 1. The number of benzene rings is 1. The van der Waals surface area contributed by atoms with Gasteiger partial charge in [-0.15, -0.1) is 0 Å². The number of nitro groups is 1. The molecule has 1 aliphatic rings. The second-order valence-electron chi connectivity index (χ2n) is 4.59. The maximum atomic E-state index is 10.6. The van der Waals surface area contributed by atoms with Crippen LogP contribution in [0.5, 0.6) is 0 Å². The average molecular weight is 250 g/mol. The summed E-state index contributed by atoms with van der Waals surface area (Å²) in [6.07, 6.45) is 3.63. The van der Waals surface area contributed by atoms with E-state index >= 15 is 0 Å². The quantitative estimate of drug-likeness (QED) is 0.643. The minimum Gasteiger partial charge on any atom is -0.375 e. The zero-order valence-electron chi connectivity index (χ0n) is 10.3. The number of nitrogens with zero attached hydrogens (tertiary/aromatic N) is 1. The number of nitrogens with one attached hydrogen (secondary N) is 1. The molecule has 1 aliphatic heterocycles. The Morgan fingerprint density at radius 2 is 2.33 bits per heavy atom. The van der Waals surface area contributed by atoms with E-state index in [0.717, 1.165) is 18.5 Å². The van der Waals surface area contributed by atoms with Gasteiger partial charge in [0.2, 0.25) is 0 Å². The van der Waals surface area contributed by atoms with Gasteiger partial charge in [0.25, 0.3) is 5.69 Å². The Balaban J connectivity index is 1.78. The molecule has 1 aromatic rings. The van der Waals surface area contributed by atoms with Crippen LogP contribution >= 0.6 is 0 Å². The highest BCUT2D eigenvalue weighted by Gasteiger charge is 2.12. The van der Waals surface area contributed by atoms with Crippen LogP contribution in [-0.4, -0.2) is 24.1 Å². The van der Waals surface area contributed by atoms with E-state index in [2.05, 4.69) is 5.32 Å². The Hall–Kier alpha value is -1.46. The molecule has 2 rings (SSSR count). The molecule has 1 N–H and O–H groups in total. The smallest absolute Gasteiger partial charge is 0.269 e. The zero-order valence-corrected chi connectivity index (χ0v) is 10.3. The summed E-state index contributed by atoms with van der Waals surface area (Å²) in [6, 6.07) is 7.02. The molecule has 0 spiro atoms. The standard InChI is InChI=1S/C13H18N2O3/c16-15(17)13-6-3-4-11(8-13)9-18-10-12-5-1-2-7-14-12/h3-4,6,8,12,14H,1-2,5,7,9-10H2. The van der Waals surface area contributed by atoms with Crippen molar-refractivity contribution in [3.05, 3.63) is 39.9 Å². The summed E-state index contributed by atoms with van der Waals surface area (Å²) in [4.78, 5) is 10.2. The van der Waals surface area contributed by atoms with E-state index in [1.807, 2.05) is 6.07 Å². The van der Waals surface area contributed by atoms with E-state index < -0.39 is 0 Å². The van der Waals surface area contributed by atoms with Crippen LogP contribution in [0.3, 0.4) is 0 Å². The Labute approximate surface area is 106 Å². The predicted octanol–water partition coefficient (Wildman–Crippen LogP) is 2.25. The molecule has 0 aliphatic carbocycles. The number of piperidine rings is 1. The fourth-order valence-electron chi connectivity index (χ4n) is 2.15. The van der Waals surface area contributed by atoms with Crippen LogP contribution in [0, 0.1) is 10.1 Å². The van der Waals surface area contributed by atoms with Crippen LogP contribution in [-0.2, 0) is 11.3 Å². The van der Waals surface area contributed by atoms with Crippen LogP contribution in [0.1, 0.15) is 24.8 Å². The molecule has 1 atom stereocenters. The number of hydrogen-bond acceptors (Lipinski definition) is 4. The van der Waals surface area contributed by atoms with Gasteiger partial charge in [-0.25, -0.2) is 0 Å². The monoisotopic (exact) mass is 250 g/mol. The highest BCUT2D eigenvalue weighted by molar-refractivity contribution is 5.33. The lowest BCUT2D eigenvalue weighted by molar-refractivity contribution is -0.384. The van der Waals surface area contributed by atoms with E-state index in [4.69, 9.17) is 4.74 Å². The molecule has 1 saturated heterocycles. The van der Waals surface area contributed by atoms with Gasteiger partial charge in [-0.1, -0.05) is 18.6 Å². The zero-order chi connectivity index (χ0) is 12.8. The van der Waals surface area contributed by atoms with Crippen LogP contribution in [0.2, 0.25) is 0 Å². The molecule has 5 heteroatoms. The minimum absolute atomic E-state index is 0.117. The fourth-order valence-corrected chi connectivity index (χ4v) is 2.15. The number of nitro benzene ring substituents is 1. The van der Waals surface area contributed by atoms with Crippen LogP contribution in [0.4, 0.5) is 5.69 Å². The Kier molecular flexibility index (Phi) is 4.66. The first-order valence-electron chi connectivity index (χ1n) is 6.30. The first-order chi connectivity index (χ1) is 8.75. The van der Waals surface area contributed by atoms with E-state index in [1.165, 1.54) is 18.9 Å². The summed E-state index contributed by atoms with van der Waals surface area (Å²) in [6.45, 7) is 2.16. The molecule has 0 radical (unpaired) electrons. The lowest BCUT2D eigenvalue weighted by atomic mass is 10.1. The van der Waals surface area contributed by atoms with Gasteiger partial charge < -0.3 is 10.1 Å². The topological polar surface area (TPSA) is 64.4 Å². The summed E-state index contributed by atoms with van der Waals surface area (Å²) >= 11 is 0. The summed E-state index contributed by atoms with van der Waals surface area (Å²) in [5.74, 6) is 0. The average Bonchev–Trinajstić information content (AvgIpc) is 2.40. The summed E-state index contributed by atoms with van der Waals surface area (Å²) in [7, 11) is 0. The van der Waals surface area contributed by atoms with E-state index in [-0.39, 0.29) is 10.6 Å². The lowest BCUT2D eigenvalue weighted by Crippen LogP contribution is -2.37. The SMILES string of the molecule is O=[N+]([O-])c1cccc(COCC2CCCCN2)c1. The van der Waals surface area contributed by atoms with Crippen molar-refractivity contribution < 1.29 is 9.66 Å². The van der Waals surface area contributed by atoms with Crippen LogP contribution in [0.15, 0.2) is 24.3 Å². The van der Waals surface area contributed by atoms with Crippen LogP contribution < -0.4 is 5.32 Å². The van der Waals surface area contributed by atoms with Gasteiger partial charge in [0.1, 0.15) is 0 Å². The van der Waals surface area contributed by atoms with Crippen molar-refractivity contribution in [3.63, 3.8) is 0 Å². The Morgan fingerprint density at radius 3 is 3.06 bits per heavy atom. The third kappa shape index (κ3) is 3.78. The molecule has 5 nitrogen and oxygen atoms in total. The normalized spacial score (nSPS) is 19.7. The van der Waals surface area contributed by atoms with E-state index in [9.17, 15) is 10.1 Å². The highest BCUT2D eigenvalue weighted by atomic mass is 16.6. The maximum absolute atomic E-state index is 10.6. The van der Waals surface area contributed by atoms with Gasteiger partial charge in [-0.3, -0.25) is 10.1 Å². The fraction of sp³-hybridized carbons (Fsp3) is 0.538. The van der Waals surface area contributed by atoms with Gasteiger partial charge in [-0.05, 0) is 24.9 Å². The summed E-state index contributed by atoms with van der Waals surface area (Å²) < 4.78 is 5.61. The van der Waals surface area contributed by atoms with Crippen molar-refractivity contribution in [3.8, 4) is 0 Å². The van der Waals surface area contributed by atoms with Crippen molar-refractivity contribution in [2.45, 2.75) is 31.9 Å². The minimum atomic E-state index is -0.383. The van der Waals surface area contributed by atoms with Crippen LogP contribution in [0.25, 0.3) is 0 Å². The van der Waals surface area contributed by atoms with Crippen molar-refractivity contribution in [1.29, 1.82) is 0 Å². The first kappa shape index (κ1) is 13.0. The molecule has 1 unspecified atom stereocenters. The molecular formula is C13H18N2O3. The highest BCUT2D eigenvalue weighted by Crippen LogP contribution is 2.14. The summed E-state index contributed by atoms with van der Waals surface area (Å²) in [5.41, 5.74) is 0.965. The maximum Gasteiger partial charge on any atom is 0.269 e. The van der Waals surface area contributed by atoms with Crippen molar-refractivity contribution in [2.75, 3.05) is 13.2 Å². The molecule has 1 aromatic carbocycles. The van der Waals surface area contributed by atoms with Crippen molar-refractivity contribution >= 4 is 5.69 Å². The van der Waals surface area contributed by atoms with Gasteiger partial charge in [-0.2, -0.15) is 0 Å². The van der Waals surface area contributed by atoms with E-state index in [0.29, 0.717) is 19.3 Å². The largest absolute Gasteiger partial charge is 0.375 e. The number of hydrogen-bond donors (Lipinski definition) is 1. The summed E-state index contributed by atoms with van der Waals surface area (Å²) in [5, 5.41) is 14.0.